The van der Waals surface area contributed by atoms with Crippen LogP contribution in [-0.4, -0.2) is 31.1 Å². The van der Waals surface area contributed by atoms with Gasteiger partial charge in [0.25, 0.3) is 0 Å². The molecule has 0 amide bonds. The highest BCUT2D eigenvalue weighted by Crippen LogP contribution is 2.23. The fraction of sp³-hybridized carbons (Fsp3) is 0.273. The van der Waals surface area contributed by atoms with Crippen molar-refractivity contribution in [1.29, 1.82) is 0 Å². The summed E-state index contributed by atoms with van der Waals surface area (Å²) in [6.07, 6.45) is 0. The number of benzene rings is 3. The van der Waals surface area contributed by atoms with Gasteiger partial charge in [-0.3, -0.25) is 4.90 Å². The lowest BCUT2D eigenvalue weighted by Crippen LogP contribution is -2.45. The van der Waals surface area contributed by atoms with Gasteiger partial charge in [0.2, 0.25) is 0 Å². The minimum Gasteiger partial charge on any atom is -0.369 e. The number of rotatable bonds is 3. The Labute approximate surface area is 156 Å². The minimum atomic E-state index is 0. The summed E-state index contributed by atoms with van der Waals surface area (Å²) in [5.74, 6) is 0. The molecular formula is C22H25ClN2. The van der Waals surface area contributed by atoms with Crippen LogP contribution >= 0.6 is 12.4 Å². The van der Waals surface area contributed by atoms with Crippen LogP contribution < -0.4 is 4.90 Å². The van der Waals surface area contributed by atoms with Gasteiger partial charge in [0.05, 0.1) is 0 Å². The molecule has 0 radical (unpaired) electrons. The summed E-state index contributed by atoms with van der Waals surface area (Å²) in [7, 11) is 0. The first-order valence-corrected chi connectivity index (χ1v) is 8.80. The molecule has 130 valence electrons. The first-order valence-electron chi connectivity index (χ1n) is 8.80. The molecule has 1 aliphatic rings. The zero-order valence-electron chi connectivity index (χ0n) is 14.7. The fourth-order valence-corrected chi connectivity index (χ4v) is 3.49. The van der Waals surface area contributed by atoms with Crippen molar-refractivity contribution in [3.8, 4) is 0 Å². The van der Waals surface area contributed by atoms with Gasteiger partial charge in [0.1, 0.15) is 0 Å². The van der Waals surface area contributed by atoms with Crippen LogP contribution in [0.5, 0.6) is 0 Å². The third-order valence-corrected chi connectivity index (χ3v) is 5.00. The molecular weight excluding hydrogens is 328 g/mol. The highest BCUT2D eigenvalue weighted by Gasteiger charge is 2.17. The number of nitrogens with zero attached hydrogens (tertiary/aromatic N) is 2. The summed E-state index contributed by atoms with van der Waals surface area (Å²) in [4.78, 5) is 5.07. The number of anilines is 1. The molecule has 0 unspecified atom stereocenters. The first-order chi connectivity index (χ1) is 11.8. The lowest BCUT2D eigenvalue weighted by atomic mass is 10.1. The van der Waals surface area contributed by atoms with Crippen molar-refractivity contribution in [2.45, 2.75) is 13.5 Å². The minimum absolute atomic E-state index is 0. The van der Waals surface area contributed by atoms with E-state index in [4.69, 9.17) is 0 Å². The summed E-state index contributed by atoms with van der Waals surface area (Å²) in [5.41, 5.74) is 4.10. The van der Waals surface area contributed by atoms with E-state index in [2.05, 4.69) is 83.5 Å². The predicted molar refractivity (Wildman–Crippen MR) is 110 cm³/mol. The molecule has 0 atom stereocenters. The summed E-state index contributed by atoms with van der Waals surface area (Å²) in [6, 6.07) is 24.4. The molecule has 1 fully saturated rings. The molecule has 0 aromatic heterocycles. The molecule has 3 heteroatoms. The SMILES string of the molecule is Cc1ccc(CN2CCN(c3ccc4ccccc4c3)CC2)cc1.Cl. The molecule has 0 aliphatic carbocycles. The highest BCUT2D eigenvalue weighted by molar-refractivity contribution is 5.86. The second-order valence-electron chi connectivity index (χ2n) is 6.78. The maximum atomic E-state index is 2.56. The van der Waals surface area contributed by atoms with Gasteiger partial charge in [0.15, 0.2) is 0 Å². The molecule has 0 N–H and O–H groups in total. The van der Waals surface area contributed by atoms with Gasteiger partial charge in [-0.2, -0.15) is 0 Å². The first kappa shape index (κ1) is 17.8. The van der Waals surface area contributed by atoms with E-state index in [1.165, 1.54) is 27.6 Å². The van der Waals surface area contributed by atoms with E-state index in [0.717, 1.165) is 32.7 Å². The Morgan fingerprint density at radius 1 is 0.760 bits per heavy atom. The Hall–Kier alpha value is -2.03. The molecule has 1 saturated heterocycles. The predicted octanol–water partition coefficient (Wildman–Crippen LogP) is 4.89. The van der Waals surface area contributed by atoms with Crippen LogP contribution in [0.3, 0.4) is 0 Å². The second kappa shape index (κ2) is 7.90. The maximum absolute atomic E-state index is 2.56. The third kappa shape index (κ3) is 4.15. The Balaban J connectivity index is 0.00000182. The Morgan fingerprint density at radius 2 is 1.44 bits per heavy atom. The molecule has 0 spiro atoms. The van der Waals surface area contributed by atoms with Crippen molar-refractivity contribution in [2.75, 3.05) is 31.1 Å². The van der Waals surface area contributed by atoms with Gasteiger partial charge in [-0.25, -0.2) is 0 Å². The molecule has 25 heavy (non-hydrogen) atoms. The molecule has 1 aliphatic heterocycles. The van der Waals surface area contributed by atoms with Gasteiger partial charge < -0.3 is 4.90 Å². The topological polar surface area (TPSA) is 6.48 Å². The summed E-state index contributed by atoms with van der Waals surface area (Å²) < 4.78 is 0. The van der Waals surface area contributed by atoms with E-state index in [9.17, 15) is 0 Å². The van der Waals surface area contributed by atoms with Gasteiger partial charge in [0, 0.05) is 38.4 Å². The van der Waals surface area contributed by atoms with Gasteiger partial charge >= 0.3 is 0 Å². The third-order valence-electron chi connectivity index (χ3n) is 5.00. The number of piperazine rings is 1. The average Bonchev–Trinajstić information content (AvgIpc) is 2.64. The summed E-state index contributed by atoms with van der Waals surface area (Å²) in [6.45, 7) is 7.66. The normalized spacial score (nSPS) is 15.2. The quantitative estimate of drug-likeness (QED) is 0.662. The van der Waals surface area contributed by atoms with E-state index in [0.29, 0.717) is 0 Å². The number of hydrogen-bond acceptors (Lipinski definition) is 2. The zero-order valence-corrected chi connectivity index (χ0v) is 15.5. The van der Waals surface area contributed by atoms with Crippen LogP contribution in [0.4, 0.5) is 5.69 Å². The van der Waals surface area contributed by atoms with Crippen LogP contribution in [0.1, 0.15) is 11.1 Å². The molecule has 1 heterocycles. The van der Waals surface area contributed by atoms with Crippen molar-refractivity contribution in [3.05, 3.63) is 77.9 Å². The van der Waals surface area contributed by atoms with Crippen molar-refractivity contribution in [1.82, 2.24) is 4.90 Å². The van der Waals surface area contributed by atoms with Crippen LogP contribution in [0.25, 0.3) is 10.8 Å². The monoisotopic (exact) mass is 352 g/mol. The van der Waals surface area contributed by atoms with Crippen LogP contribution in [0.2, 0.25) is 0 Å². The van der Waals surface area contributed by atoms with E-state index in [1.54, 1.807) is 0 Å². The number of aryl methyl sites for hydroxylation is 1. The number of fused-ring (bicyclic) bond motifs is 1. The van der Waals surface area contributed by atoms with Gasteiger partial charge in [-0.05, 0) is 35.4 Å². The zero-order chi connectivity index (χ0) is 16.4. The van der Waals surface area contributed by atoms with E-state index in [1.807, 2.05) is 0 Å². The van der Waals surface area contributed by atoms with Crippen molar-refractivity contribution in [2.24, 2.45) is 0 Å². The summed E-state index contributed by atoms with van der Waals surface area (Å²) >= 11 is 0. The maximum Gasteiger partial charge on any atom is 0.0373 e. The van der Waals surface area contributed by atoms with E-state index >= 15 is 0 Å². The van der Waals surface area contributed by atoms with Crippen molar-refractivity contribution in [3.63, 3.8) is 0 Å². The van der Waals surface area contributed by atoms with Crippen LogP contribution in [0.15, 0.2) is 66.7 Å². The standard InChI is InChI=1S/C22H24N2.ClH/c1-18-6-8-19(9-7-18)17-23-12-14-24(15-13-23)22-11-10-20-4-2-3-5-21(20)16-22;/h2-11,16H,12-15,17H2,1H3;1H. The number of halogens is 1. The van der Waals surface area contributed by atoms with Crippen molar-refractivity contribution < 1.29 is 0 Å². The fourth-order valence-electron chi connectivity index (χ4n) is 3.49. The molecule has 3 aromatic rings. The summed E-state index contributed by atoms with van der Waals surface area (Å²) in [5, 5.41) is 2.65. The van der Waals surface area contributed by atoms with Crippen LogP contribution in [0, 0.1) is 6.92 Å². The number of hydrogen-bond donors (Lipinski definition) is 0. The smallest absolute Gasteiger partial charge is 0.0373 e. The molecule has 0 bridgehead atoms. The van der Waals surface area contributed by atoms with Gasteiger partial charge in [-0.1, -0.05) is 60.2 Å². The van der Waals surface area contributed by atoms with E-state index < -0.39 is 0 Å². The molecule has 2 nitrogen and oxygen atoms in total. The van der Waals surface area contributed by atoms with Crippen LogP contribution in [-0.2, 0) is 6.54 Å². The average molecular weight is 353 g/mol. The molecule has 0 saturated carbocycles. The highest BCUT2D eigenvalue weighted by atomic mass is 35.5. The van der Waals surface area contributed by atoms with Crippen molar-refractivity contribution >= 4 is 28.9 Å². The Kier molecular flexibility index (Phi) is 5.62. The van der Waals surface area contributed by atoms with Gasteiger partial charge in [-0.15, -0.1) is 12.4 Å². The lowest BCUT2D eigenvalue weighted by molar-refractivity contribution is 0.250. The molecule has 4 rings (SSSR count). The Bertz CT molecular complexity index is 821. The largest absolute Gasteiger partial charge is 0.369 e. The second-order valence-corrected chi connectivity index (χ2v) is 6.78. The van der Waals surface area contributed by atoms with E-state index in [-0.39, 0.29) is 12.4 Å². The molecule has 3 aromatic carbocycles. The lowest BCUT2D eigenvalue weighted by Gasteiger charge is -2.36. The Morgan fingerprint density at radius 3 is 2.16 bits per heavy atom.